The molecule has 5 nitrogen and oxygen atoms in total. The molecule has 1 saturated heterocycles. The highest BCUT2D eigenvalue weighted by atomic mass is 16.5. The van der Waals surface area contributed by atoms with E-state index in [4.69, 9.17) is 9.47 Å². The molecule has 1 atom stereocenters. The molecule has 0 amide bonds. The first kappa shape index (κ1) is 28.0. The molecule has 1 aromatic heterocycles. The number of benzene rings is 3. The lowest BCUT2D eigenvalue weighted by molar-refractivity contribution is 0.149. The Balaban J connectivity index is 1.31. The van der Waals surface area contributed by atoms with Gasteiger partial charge < -0.3 is 9.47 Å². The Morgan fingerprint density at radius 3 is 2.57 bits per heavy atom. The fourth-order valence-corrected chi connectivity index (χ4v) is 6.53. The third-order valence-electron chi connectivity index (χ3n) is 8.97. The number of fused-ring (bicyclic) bond motifs is 1. The van der Waals surface area contributed by atoms with Crippen molar-refractivity contribution in [2.45, 2.75) is 78.2 Å². The number of piperidine rings is 1. The van der Waals surface area contributed by atoms with Gasteiger partial charge >= 0.3 is 0 Å². The molecule has 1 fully saturated rings. The van der Waals surface area contributed by atoms with Crippen LogP contribution in [0.2, 0.25) is 0 Å². The summed E-state index contributed by atoms with van der Waals surface area (Å²) in [4.78, 5) is 6.85. The van der Waals surface area contributed by atoms with Crippen molar-refractivity contribution in [3.8, 4) is 28.7 Å². The van der Waals surface area contributed by atoms with Gasteiger partial charge in [0.05, 0.1) is 5.56 Å². The van der Waals surface area contributed by atoms with E-state index in [1.807, 2.05) is 6.07 Å². The topological polar surface area (TPSA) is 58.4 Å². The fraction of sp³-hybridized carbons (Fsp3) is 0.351. The van der Waals surface area contributed by atoms with Crippen LogP contribution in [0.25, 0.3) is 11.1 Å². The molecule has 0 saturated carbocycles. The minimum absolute atomic E-state index is 0.363. The maximum absolute atomic E-state index is 9.34. The number of nitrogens with zero attached hydrogens (tertiary/aromatic N) is 3. The zero-order valence-electron chi connectivity index (χ0n) is 24.7. The van der Waals surface area contributed by atoms with E-state index in [1.165, 1.54) is 58.2 Å². The van der Waals surface area contributed by atoms with E-state index in [9.17, 15) is 5.26 Å². The number of ether oxygens (including phenoxy) is 2. The second kappa shape index (κ2) is 12.8. The average molecular weight is 558 g/mol. The summed E-state index contributed by atoms with van der Waals surface area (Å²) in [5, 5.41) is 9.34. The first-order valence-electron chi connectivity index (χ1n) is 15.3. The van der Waals surface area contributed by atoms with Crippen molar-refractivity contribution >= 4 is 0 Å². The molecule has 4 aromatic rings. The third-order valence-corrected chi connectivity index (χ3v) is 8.97. The van der Waals surface area contributed by atoms with Gasteiger partial charge in [-0.25, -0.2) is 0 Å². The highest BCUT2D eigenvalue weighted by Gasteiger charge is 2.27. The van der Waals surface area contributed by atoms with Gasteiger partial charge in [0.15, 0.2) is 0 Å². The second-order valence-electron chi connectivity index (χ2n) is 11.7. The van der Waals surface area contributed by atoms with Gasteiger partial charge in [-0.3, -0.25) is 9.88 Å². The molecule has 2 aliphatic rings. The van der Waals surface area contributed by atoms with E-state index in [1.54, 1.807) is 12.4 Å². The van der Waals surface area contributed by atoms with Gasteiger partial charge in [0, 0.05) is 42.2 Å². The van der Waals surface area contributed by atoms with Crippen molar-refractivity contribution < 1.29 is 9.47 Å². The molecule has 0 N–H and O–H groups in total. The molecule has 2 heterocycles. The summed E-state index contributed by atoms with van der Waals surface area (Å²) >= 11 is 0. The fourth-order valence-electron chi connectivity index (χ4n) is 6.53. The lowest BCUT2D eigenvalue weighted by Crippen LogP contribution is -2.37. The predicted octanol–water partition coefficient (Wildman–Crippen LogP) is 7.95. The van der Waals surface area contributed by atoms with Crippen molar-refractivity contribution in [3.05, 3.63) is 112 Å². The van der Waals surface area contributed by atoms with E-state index >= 15 is 0 Å². The van der Waals surface area contributed by atoms with Crippen LogP contribution in [0.4, 0.5) is 0 Å². The number of rotatable bonds is 9. The molecule has 6 rings (SSSR count). The summed E-state index contributed by atoms with van der Waals surface area (Å²) < 4.78 is 13.2. The Morgan fingerprint density at radius 2 is 1.74 bits per heavy atom. The first-order valence-corrected chi connectivity index (χ1v) is 15.3. The van der Waals surface area contributed by atoms with Crippen molar-refractivity contribution in [2.24, 2.45) is 0 Å². The first-order chi connectivity index (χ1) is 20.6. The van der Waals surface area contributed by atoms with Crippen molar-refractivity contribution in [1.29, 1.82) is 5.26 Å². The minimum atomic E-state index is 0.363. The minimum Gasteiger partial charge on any atom is -0.488 e. The molecule has 42 heavy (non-hydrogen) atoms. The monoisotopic (exact) mass is 557 g/mol. The van der Waals surface area contributed by atoms with Crippen molar-refractivity contribution in [2.75, 3.05) is 6.54 Å². The lowest BCUT2D eigenvalue weighted by atomic mass is 9.96. The summed E-state index contributed by atoms with van der Waals surface area (Å²) in [7, 11) is 0. The number of hydrogen-bond acceptors (Lipinski definition) is 5. The summed E-state index contributed by atoms with van der Waals surface area (Å²) in [6.45, 7) is 7.43. The summed E-state index contributed by atoms with van der Waals surface area (Å²) in [6.07, 6.45) is 10.4. The Bertz CT molecular complexity index is 1590. The van der Waals surface area contributed by atoms with Crippen LogP contribution in [0.1, 0.15) is 71.6 Å². The quantitative estimate of drug-likeness (QED) is 0.209. The van der Waals surface area contributed by atoms with E-state index < -0.39 is 0 Å². The van der Waals surface area contributed by atoms with Crippen LogP contribution >= 0.6 is 0 Å². The molecule has 214 valence electrons. The summed E-state index contributed by atoms with van der Waals surface area (Å²) in [5.41, 5.74) is 10.4. The SMILES string of the molecule is Cc1c(COc2cc(OCc3cncc(C#N)c3)c(CN3CCCC[C@H]3C)c3c2CCC3)cccc1-c1ccccc1. The molecule has 0 radical (unpaired) electrons. The van der Waals surface area contributed by atoms with Gasteiger partial charge in [-0.2, -0.15) is 5.26 Å². The number of hydrogen-bond donors (Lipinski definition) is 0. The third kappa shape index (κ3) is 6.05. The Morgan fingerprint density at radius 1 is 0.905 bits per heavy atom. The van der Waals surface area contributed by atoms with Gasteiger partial charge in [-0.05, 0) is 91.9 Å². The number of aromatic nitrogens is 1. The lowest BCUT2D eigenvalue weighted by Gasteiger charge is -2.34. The van der Waals surface area contributed by atoms with Crippen LogP contribution in [-0.2, 0) is 32.6 Å². The molecule has 0 bridgehead atoms. The van der Waals surface area contributed by atoms with Crippen molar-refractivity contribution in [3.63, 3.8) is 0 Å². The van der Waals surface area contributed by atoms with Gasteiger partial charge in [-0.15, -0.1) is 0 Å². The molecule has 0 spiro atoms. The highest BCUT2D eigenvalue weighted by Crippen LogP contribution is 2.41. The van der Waals surface area contributed by atoms with Crippen LogP contribution in [-0.4, -0.2) is 22.5 Å². The van der Waals surface area contributed by atoms with Crippen molar-refractivity contribution in [1.82, 2.24) is 9.88 Å². The standard InChI is InChI=1S/C37H39N3O2/c1-26-10-6-7-17-40(26)23-35-33-15-9-16-34(33)36(19-37(35)41-24-29-18-28(20-38)21-39-22-29)42-25-31-13-8-14-32(27(31)2)30-11-4-3-5-12-30/h3-5,8,11-14,18-19,21-22,26H,6-7,9-10,15-17,23-25H2,1-2H3/t26-/m1/s1. The molecular formula is C37H39N3O2. The van der Waals surface area contributed by atoms with E-state index in [0.29, 0.717) is 24.8 Å². The van der Waals surface area contributed by atoms with Crippen LogP contribution < -0.4 is 9.47 Å². The molecule has 0 unspecified atom stereocenters. The van der Waals surface area contributed by atoms with Gasteiger partial charge in [-0.1, -0.05) is 55.0 Å². The van der Waals surface area contributed by atoms with Crippen LogP contribution in [0.15, 0.2) is 73.1 Å². The smallest absolute Gasteiger partial charge is 0.128 e. The molecular weight excluding hydrogens is 518 g/mol. The number of likely N-dealkylation sites (tertiary alicyclic amines) is 1. The normalized spacial score (nSPS) is 16.5. The van der Waals surface area contributed by atoms with E-state index in [-0.39, 0.29) is 0 Å². The number of pyridine rings is 1. The molecule has 5 heteroatoms. The van der Waals surface area contributed by atoms with Gasteiger partial charge in [0.1, 0.15) is 30.8 Å². The largest absolute Gasteiger partial charge is 0.488 e. The number of nitriles is 1. The maximum atomic E-state index is 9.34. The average Bonchev–Trinajstić information content (AvgIpc) is 3.52. The molecule has 3 aromatic carbocycles. The van der Waals surface area contributed by atoms with Crippen LogP contribution in [0.5, 0.6) is 11.5 Å². The zero-order valence-corrected chi connectivity index (χ0v) is 24.7. The van der Waals surface area contributed by atoms with Gasteiger partial charge in [0.25, 0.3) is 0 Å². The van der Waals surface area contributed by atoms with E-state index in [0.717, 1.165) is 49.4 Å². The van der Waals surface area contributed by atoms with Gasteiger partial charge in [0.2, 0.25) is 0 Å². The van der Waals surface area contributed by atoms with Crippen LogP contribution in [0, 0.1) is 18.3 Å². The Labute approximate surface area is 249 Å². The second-order valence-corrected chi connectivity index (χ2v) is 11.7. The highest BCUT2D eigenvalue weighted by molar-refractivity contribution is 5.68. The maximum Gasteiger partial charge on any atom is 0.128 e. The Kier molecular flexibility index (Phi) is 8.53. The molecule has 1 aliphatic carbocycles. The Hall–Kier alpha value is -4.14. The molecule has 1 aliphatic heterocycles. The zero-order chi connectivity index (χ0) is 28.9. The predicted molar refractivity (Wildman–Crippen MR) is 166 cm³/mol. The summed E-state index contributed by atoms with van der Waals surface area (Å²) in [6, 6.07) is 23.8. The summed E-state index contributed by atoms with van der Waals surface area (Å²) in [5.74, 6) is 1.82. The van der Waals surface area contributed by atoms with Crippen LogP contribution in [0.3, 0.4) is 0 Å². The van der Waals surface area contributed by atoms with E-state index in [2.05, 4.69) is 84.4 Å².